The van der Waals surface area contributed by atoms with Crippen molar-refractivity contribution in [3.05, 3.63) is 57.8 Å². The van der Waals surface area contributed by atoms with Gasteiger partial charge in [-0.05, 0) is 36.5 Å². The number of primary sulfonamides is 1. The Bertz CT molecular complexity index is 1170. The molecule has 0 bridgehead atoms. The van der Waals surface area contributed by atoms with E-state index in [-0.39, 0.29) is 16.4 Å². The topological polar surface area (TPSA) is 112 Å². The minimum Gasteiger partial charge on any atom is -0.312 e. The first kappa shape index (κ1) is 17.9. The molecule has 1 aliphatic carbocycles. The highest BCUT2D eigenvalue weighted by molar-refractivity contribution is 7.89. The molecule has 0 aliphatic heterocycles. The Kier molecular flexibility index (Phi) is 4.15. The van der Waals surface area contributed by atoms with Gasteiger partial charge in [-0.2, -0.15) is 9.50 Å². The zero-order valence-corrected chi connectivity index (χ0v) is 16.0. The first-order valence-corrected chi connectivity index (χ1v) is 10.4. The summed E-state index contributed by atoms with van der Waals surface area (Å²) in [7, 11) is -3.72. The molecule has 142 valence electrons. The standard InChI is InChI=1S/C18H21N5O3S/c1-11(2)15-10-22(9-12-3-7-14(8-4-12)27(19,25)26)18-20-16(13-5-6-13)21-23(18)17(15)24/h3-4,7-8,10-11,13H,5-6,9H2,1-2H3,(H2,19,25,26). The van der Waals surface area contributed by atoms with E-state index >= 15 is 0 Å². The van der Waals surface area contributed by atoms with Crippen LogP contribution in [0.25, 0.3) is 5.78 Å². The van der Waals surface area contributed by atoms with Crippen LogP contribution in [0.15, 0.2) is 40.2 Å². The fourth-order valence-corrected chi connectivity index (χ4v) is 3.57. The molecule has 0 amide bonds. The fraction of sp³-hybridized carbons (Fsp3) is 0.389. The van der Waals surface area contributed by atoms with Crippen LogP contribution in [0.1, 0.15) is 55.5 Å². The molecule has 0 unspecified atom stereocenters. The molecule has 2 heterocycles. The Hall–Kier alpha value is -2.52. The molecule has 1 fully saturated rings. The second-order valence-corrected chi connectivity index (χ2v) is 8.88. The lowest BCUT2D eigenvalue weighted by molar-refractivity contribution is 0.597. The largest absolute Gasteiger partial charge is 0.312 e. The molecule has 1 aromatic carbocycles. The molecule has 0 atom stereocenters. The Morgan fingerprint density at radius 3 is 2.44 bits per heavy atom. The maximum absolute atomic E-state index is 12.8. The highest BCUT2D eigenvalue weighted by Crippen LogP contribution is 2.38. The third-order valence-corrected chi connectivity index (χ3v) is 5.70. The Balaban J connectivity index is 1.80. The lowest BCUT2D eigenvalue weighted by atomic mass is 10.1. The maximum Gasteiger partial charge on any atom is 0.279 e. The molecule has 4 rings (SSSR count). The predicted octanol–water partition coefficient (Wildman–Crippen LogP) is 1.59. The Labute approximate surface area is 156 Å². The van der Waals surface area contributed by atoms with Gasteiger partial charge in [0.05, 0.1) is 11.4 Å². The van der Waals surface area contributed by atoms with Crippen molar-refractivity contribution in [1.29, 1.82) is 0 Å². The number of nitrogens with zero attached hydrogens (tertiary/aromatic N) is 4. The molecular weight excluding hydrogens is 366 g/mol. The summed E-state index contributed by atoms with van der Waals surface area (Å²) in [6.07, 6.45) is 3.93. The SMILES string of the molecule is CC(C)c1cn(Cc2ccc(S(N)(=O)=O)cc2)c2nc(C3CC3)nn2c1=O. The Morgan fingerprint density at radius 2 is 1.89 bits per heavy atom. The molecule has 8 nitrogen and oxygen atoms in total. The average Bonchev–Trinajstić information content (AvgIpc) is 3.35. The first-order valence-electron chi connectivity index (χ1n) is 8.86. The van der Waals surface area contributed by atoms with Crippen molar-refractivity contribution < 1.29 is 8.42 Å². The summed E-state index contributed by atoms with van der Waals surface area (Å²) in [4.78, 5) is 17.4. The minimum absolute atomic E-state index is 0.0477. The number of hydrogen-bond donors (Lipinski definition) is 1. The van der Waals surface area contributed by atoms with Gasteiger partial charge in [0, 0.05) is 17.7 Å². The number of sulfonamides is 1. The summed E-state index contributed by atoms with van der Waals surface area (Å²) in [5, 5.41) is 9.59. The predicted molar refractivity (Wildman–Crippen MR) is 100 cm³/mol. The number of hydrogen-bond acceptors (Lipinski definition) is 5. The monoisotopic (exact) mass is 387 g/mol. The van der Waals surface area contributed by atoms with Gasteiger partial charge < -0.3 is 4.57 Å². The summed E-state index contributed by atoms with van der Waals surface area (Å²) in [5.41, 5.74) is 1.40. The van der Waals surface area contributed by atoms with E-state index in [4.69, 9.17) is 5.14 Å². The molecule has 2 aromatic heterocycles. The minimum atomic E-state index is -3.72. The van der Waals surface area contributed by atoms with E-state index in [0.29, 0.717) is 29.6 Å². The third kappa shape index (κ3) is 3.40. The van der Waals surface area contributed by atoms with Gasteiger partial charge in [-0.15, -0.1) is 5.10 Å². The van der Waals surface area contributed by atoms with E-state index in [0.717, 1.165) is 18.4 Å². The molecule has 1 saturated carbocycles. The number of nitrogens with two attached hydrogens (primary N) is 1. The van der Waals surface area contributed by atoms with E-state index in [1.807, 2.05) is 24.6 Å². The van der Waals surface area contributed by atoms with E-state index in [1.54, 1.807) is 12.1 Å². The quantitative estimate of drug-likeness (QED) is 0.714. The summed E-state index contributed by atoms with van der Waals surface area (Å²) < 4.78 is 26.1. The van der Waals surface area contributed by atoms with Crippen molar-refractivity contribution in [3.8, 4) is 0 Å². The molecule has 1 aliphatic rings. The van der Waals surface area contributed by atoms with Crippen molar-refractivity contribution >= 4 is 15.8 Å². The van der Waals surface area contributed by atoms with Crippen LogP contribution in [0.4, 0.5) is 0 Å². The van der Waals surface area contributed by atoms with Gasteiger partial charge in [0.15, 0.2) is 5.82 Å². The van der Waals surface area contributed by atoms with Crippen molar-refractivity contribution in [3.63, 3.8) is 0 Å². The van der Waals surface area contributed by atoms with Gasteiger partial charge in [0.25, 0.3) is 5.56 Å². The molecule has 0 saturated heterocycles. The van der Waals surface area contributed by atoms with Crippen molar-refractivity contribution in [2.45, 2.75) is 50.0 Å². The van der Waals surface area contributed by atoms with E-state index in [1.165, 1.54) is 16.6 Å². The molecular formula is C18H21N5O3S. The molecule has 9 heteroatoms. The number of fused-ring (bicyclic) bond motifs is 1. The van der Waals surface area contributed by atoms with Crippen LogP contribution in [-0.2, 0) is 16.6 Å². The maximum atomic E-state index is 12.8. The zero-order valence-electron chi connectivity index (χ0n) is 15.2. The highest BCUT2D eigenvalue weighted by atomic mass is 32.2. The lowest BCUT2D eigenvalue weighted by Crippen LogP contribution is -2.24. The van der Waals surface area contributed by atoms with Gasteiger partial charge in [0.1, 0.15) is 0 Å². The normalized spacial score (nSPS) is 15.0. The van der Waals surface area contributed by atoms with Crippen LogP contribution in [0.5, 0.6) is 0 Å². The summed E-state index contributed by atoms with van der Waals surface area (Å²) in [6.45, 7) is 4.37. The third-order valence-electron chi connectivity index (χ3n) is 4.77. The number of benzene rings is 1. The van der Waals surface area contributed by atoms with Crippen LogP contribution < -0.4 is 10.7 Å². The van der Waals surface area contributed by atoms with Crippen LogP contribution in [0, 0.1) is 0 Å². The lowest BCUT2D eigenvalue weighted by Gasteiger charge is -2.12. The fourth-order valence-electron chi connectivity index (χ4n) is 3.05. The van der Waals surface area contributed by atoms with E-state index in [9.17, 15) is 13.2 Å². The van der Waals surface area contributed by atoms with Crippen LogP contribution in [0.2, 0.25) is 0 Å². The van der Waals surface area contributed by atoms with Crippen LogP contribution in [-0.4, -0.2) is 27.6 Å². The summed E-state index contributed by atoms with van der Waals surface area (Å²) >= 11 is 0. The van der Waals surface area contributed by atoms with E-state index < -0.39 is 10.0 Å². The smallest absolute Gasteiger partial charge is 0.279 e. The number of aromatic nitrogens is 4. The molecule has 0 spiro atoms. The van der Waals surface area contributed by atoms with Gasteiger partial charge in [-0.3, -0.25) is 4.79 Å². The second-order valence-electron chi connectivity index (χ2n) is 7.32. The van der Waals surface area contributed by atoms with Crippen molar-refractivity contribution in [2.75, 3.05) is 0 Å². The number of rotatable bonds is 5. The van der Waals surface area contributed by atoms with Gasteiger partial charge in [0.2, 0.25) is 15.8 Å². The van der Waals surface area contributed by atoms with Crippen molar-refractivity contribution in [2.24, 2.45) is 5.14 Å². The molecule has 27 heavy (non-hydrogen) atoms. The highest BCUT2D eigenvalue weighted by Gasteiger charge is 2.29. The van der Waals surface area contributed by atoms with Crippen molar-refractivity contribution in [1.82, 2.24) is 19.2 Å². The summed E-state index contributed by atoms with van der Waals surface area (Å²) in [5.74, 6) is 1.61. The van der Waals surface area contributed by atoms with E-state index in [2.05, 4.69) is 10.1 Å². The summed E-state index contributed by atoms with van der Waals surface area (Å²) in [6, 6.07) is 6.38. The van der Waals surface area contributed by atoms with Gasteiger partial charge >= 0.3 is 0 Å². The first-order chi connectivity index (χ1) is 12.7. The molecule has 3 aromatic rings. The molecule has 2 N–H and O–H groups in total. The molecule has 0 radical (unpaired) electrons. The average molecular weight is 387 g/mol. The Morgan fingerprint density at radius 1 is 1.22 bits per heavy atom. The van der Waals surface area contributed by atoms with Gasteiger partial charge in [-0.25, -0.2) is 13.6 Å². The zero-order chi connectivity index (χ0) is 19.3. The van der Waals surface area contributed by atoms with Gasteiger partial charge in [-0.1, -0.05) is 26.0 Å². The van der Waals surface area contributed by atoms with Crippen LogP contribution in [0.3, 0.4) is 0 Å². The second kappa shape index (κ2) is 6.28. The van der Waals surface area contributed by atoms with Crippen LogP contribution >= 0.6 is 0 Å².